The molecule has 0 radical (unpaired) electrons. The minimum atomic E-state index is -0.921. The summed E-state index contributed by atoms with van der Waals surface area (Å²) in [6.45, 7) is 2.98. The van der Waals surface area contributed by atoms with E-state index in [1.807, 2.05) is 18.2 Å². The highest BCUT2D eigenvalue weighted by atomic mass is 35.5. The molecule has 0 saturated carbocycles. The van der Waals surface area contributed by atoms with Crippen molar-refractivity contribution >= 4 is 23.4 Å². The van der Waals surface area contributed by atoms with Crippen molar-refractivity contribution in [2.75, 3.05) is 19.6 Å². The Bertz CT molecular complexity index is 925. The molecule has 2 amide bonds. The van der Waals surface area contributed by atoms with Gasteiger partial charge in [-0.05, 0) is 44.4 Å². The zero-order valence-electron chi connectivity index (χ0n) is 15.7. The molecular weight excluding hydrogens is 380 g/mol. The lowest BCUT2D eigenvalue weighted by Gasteiger charge is -2.46. The van der Waals surface area contributed by atoms with Crippen molar-refractivity contribution in [1.29, 1.82) is 0 Å². The number of hydrogen-bond donors (Lipinski definition) is 2. The maximum atomic E-state index is 13.2. The van der Waals surface area contributed by atoms with Crippen LogP contribution >= 0.6 is 11.6 Å². The monoisotopic (exact) mass is 402 g/mol. The highest BCUT2D eigenvalue weighted by Crippen LogP contribution is 2.38. The fourth-order valence-corrected chi connectivity index (χ4v) is 4.50. The number of aliphatic hydroxyl groups is 1. The molecule has 0 aliphatic carbocycles. The molecule has 2 aliphatic rings. The van der Waals surface area contributed by atoms with Gasteiger partial charge in [0.25, 0.3) is 5.91 Å². The maximum absolute atomic E-state index is 13.2. The van der Waals surface area contributed by atoms with E-state index < -0.39 is 11.5 Å². The third-order valence-electron chi connectivity index (χ3n) is 5.90. The number of likely N-dealkylation sites (tertiary alicyclic amines) is 1. The van der Waals surface area contributed by atoms with E-state index in [1.165, 1.54) is 0 Å². The Balaban J connectivity index is 1.61. The van der Waals surface area contributed by atoms with E-state index in [9.17, 15) is 14.7 Å². The van der Waals surface area contributed by atoms with Crippen LogP contribution in [0.2, 0.25) is 5.02 Å². The van der Waals surface area contributed by atoms with Gasteiger partial charge in [0.15, 0.2) is 0 Å². The molecule has 2 N–H and O–H groups in total. The number of amides is 2. The van der Waals surface area contributed by atoms with E-state index >= 15 is 0 Å². The van der Waals surface area contributed by atoms with E-state index in [1.54, 1.807) is 24.0 Å². The normalized spacial score (nSPS) is 25.0. The number of carbonyl (C=O) groups is 2. The summed E-state index contributed by atoms with van der Waals surface area (Å²) in [7, 11) is 0. The SMILES string of the molecule is Cc1oc(-c2ccccc2Cl)cc1C(=O)N1CC[C@@H](O)[C@@]2(CCCNC2=O)C1. The molecule has 1 aromatic heterocycles. The Morgan fingerprint density at radius 3 is 2.93 bits per heavy atom. The van der Waals surface area contributed by atoms with Gasteiger partial charge in [0.1, 0.15) is 11.5 Å². The summed E-state index contributed by atoms with van der Waals surface area (Å²) in [6, 6.07) is 9.01. The number of carbonyl (C=O) groups excluding carboxylic acids is 2. The van der Waals surface area contributed by atoms with Crippen LogP contribution in [0.4, 0.5) is 0 Å². The van der Waals surface area contributed by atoms with E-state index in [4.69, 9.17) is 16.0 Å². The zero-order chi connectivity index (χ0) is 19.9. The van der Waals surface area contributed by atoms with Crippen LogP contribution < -0.4 is 5.32 Å². The standard InChI is InChI=1S/C21H23ClN2O4/c1-13-15(11-17(28-13)14-5-2-3-6-16(14)22)19(26)24-10-7-18(25)21(12-24)8-4-9-23-20(21)27/h2-3,5-6,11,18,25H,4,7-10,12H2,1H3,(H,23,27)/t18-,21-/m1/s1. The number of furan rings is 1. The Labute approximate surface area is 168 Å². The van der Waals surface area contributed by atoms with Crippen molar-refractivity contribution in [3.05, 3.63) is 46.7 Å². The van der Waals surface area contributed by atoms with Gasteiger partial charge in [0.05, 0.1) is 22.1 Å². The molecule has 148 valence electrons. The van der Waals surface area contributed by atoms with Crippen LogP contribution in [0.25, 0.3) is 11.3 Å². The number of piperidine rings is 2. The van der Waals surface area contributed by atoms with Crippen LogP contribution in [-0.4, -0.2) is 47.6 Å². The molecule has 4 rings (SSSR count). The van der Waals surface area contributed by atoms with Gasteiger partial charge in [-0.25, -0.2) is 0 Å². The molecule has 2 atom stereocenters. The molecule has 28 heavy (non-hydrogen) atoms. The van der Waals surface area contributed by atoms with Gasteiger partial charge >= 0.3 is 0 Å². The first-order chi connectivity index (χ1) is 13.4. The molecule has 1 aromatic carbocycles. The smallest absolute Gasteiger partial charge is 0.257 e. The molecule has 2 saturated heterocycles. The minimum absolute atomic E-state index is 0.163. The van der Waals surface area contributed by atoms with Crippen molar-refractivity contribution in [1.82, 2.24) is 10.2 Å². The Morgan fingerprint density at radius 2 is 2.18 bits per heavy atom. The average Bonchev–Trinajstić information content (AvgIpc) is 3.07. The number of rotatable bonds is 2. The van der Waals surface area contributed by atoms with Gasteiger partial charge in [-0.3, -0.25) is 9.59 Å². The summed E-state index contributed by atoms with van der Waals surface area (Å²) in [6.07, 6.45) is 1.03. The molecule has 6 nitrogen and oxygen atoms in total. The van der Waals surface area contributed by atoms with Gasteiger partial charge in [-0.15, -0.1) is 0 Å². The fourth-order valence-electron chi connectivity index (χ4n) is 4.28. The molecule has 1 spiro atoms. The molecule has 2 aliphatic heterocycles. The predicted octanol–water partition coefficient (Wildman–Crippen LogP) is 3.01. The summed E-state index contributed by atoms with van der Waals surface area (Å²) in [5.41, 5.74) is 0.260. The summed E-state index contributed by atoms with van der Waals surface area (Å²) < 4.78 is 5.81. The maximum Gasteiger partial charge on any atom is 0.257 e. The third-order valence-corrected chi connectivity index (χ3v) is 6.23. The number of nitrogens with zero attached hydrogens (tertiary/aromatic N) is 1. The van der Waals surface area contributed by atoms with Gasteiger partial charge < -0.3 is 19.7 Å². The molecule has 0 unspecified atom stereocenters. The lowest BCUT2D eigenvalue weighted by molar-refractivity contribution is -0.147. The van der Waals surface area contributed by atoms with Crippen LogP contribution in [0.1, 0.15) is 35.4 Å². The van der Waals surface area contributed by atoms with E-state index in [2.05, 4.69) is 5.32 Å². The second kappa shape index (κ2) is 7.26. The van der Waals surface area contributed by atoms with Gasteiger partial charge in [0.2, 0.25) is 5.91 Å². The molecule has 2 fully saturated rings. The van der Waals surface area contributed by atoms with Crippen molar-refractivity contribution in [3.8, 4) is 11.3 Å². The van der Waals surface area contributed by atoms with Crippen LogP contribution in [0.3, 0.4) is 0 Å². The first kappa shape index (κ1) is 19.0. The van der Waals surface area contributed by atoms with E-state index in [0.29, 0.717) is 48.0 Å². The van der Waals surface area contributed by atoms with Gasteiger partial charge in [-0.2, -0.15) is 0 Å². The molecule has 3 heterocycles. The number of halogens is 1. The lowest BCUT2D eigenvalue weighted by Crippen LogP contribution is -2.62. The molecule has 0 bridgehead atoms. The van der Waals surface area contributed by atoms with Crippen molar-refractivity contribution in [2.24, 2.45) is 5.41 Å². The zero-order valence-corrected chi connectivity index (χ0v) is 16.5. The molecular formula is C21H23ClN2O4. The Hall–Kier alpha value is -2.31. The largest absolute Gasteiger partial charge is 0.460 e. The van der Waals surface area contributed by atoms with Crippen LogP contribution in [0, 0.1) is 12.3 Å². The summed E-state index contributed by atoms with van der Waals surface area (Å²) in [4.78, 5) is 27.4. The number of aryl methyl sites for hydroxylation is 1. The second-order valence-corrected chi connectivity index (χ2v) is 8.01. The number of aliphatic hydroxyl groups excluding tert-OH is 1. The molecule has 7 heteroatoms. The number of benzene rings is 1. The van der Waals surface area contributed by atoms with Gasteiger partial charge in [0, 0.05) is 25.2 Å². The minimum Gasteiger partial charge on any atom is -0.460 e. The second-order valence-electron chi connectivity index (χ2n) is 7.61. The summed E-state index contributed by atoms with van der Waals surface area (Å²) in [5, 5.41) is 13.9. The van der Waals surface area contributed by atoms with Crippen molar-refractivity contribution in [3.63, 3.8) is 0 Å². The van der Waals surface area contributed by atoms with Crippen LogP contribution in [-0.2, 0) is 4.79 Å². The van der Waals surface area contributed by atoms with Crippen molar-refractivity contribution < 1.29 is 19.1 Å². The van der Waals surface area contributed by atoms with Crippen molar-refractivity contribution in [2.45, 2.75) is 32.3 Å². The Kier molecular flexibility index (Phi) is 4.93. The highest BCUT2D eigenvalue weighted by molar-refractivity contribution is 6.33. The van der Waals surface area contributed by atoms with E-state index in [-0.39, 0.29) is 18.4 Å². The third kappa shape index (κ3) is 3.10. The topological polar surface area (TPSA) is 82.8 Å². The summed E-state index contributed by atoms with van der Waals surface area (Å²) in [5.74, 6) is 0.690. The summed E-state index contributed by atoms with van der Waals surface area (Å²) >= 11 is 6.25. The van der Waals surface area contributed by atoms with Gasteiger partial charge in [-0.1, -0.05) is 23.7 Å². The Morgan fingerprint density at radius 1 is 1.39 bits per heavy atom. The van der Waals surface area contributed by atoms with Crippen LogP contribution in [0.15, 0.2) is 34.7 Å². The number of nitrogens with one attached hydrogen (secondary N) is 1. The average molecular weight is 403 g/mol. The lowest BCUT2D eigenvalue weighted by atomic mass is 9.71. The van der Waals surface area contributed by atoms with E-state index in [0.717, 1.165) is 12.0 Å². The predicted molar refractivity (Wildman–Crippen MR) is 105 cm³/mol. The van der Waals surface area contributed by atoms with Crippen LogP contribution in [0.5, 0.6) is 0 Å². The first-order valence-corrected chi connectivity index (χ1v) is 9.91. The fraction of sp³-hybridized carbons (Fsp3) is 0.429. The quantitative estimate of drug-likeness (QED) is 0.808. The molecule has 2 aromatic rings. The first-order valence-electron chi connectivity index (χ1n) is 9.53. The number of hydrogen-bond acceptors (Lipinski definition) is 4. The highest BCUT2D eigenvalue weighted by Gasteiger charge is 2.50.